The van der Waals surface area contributed by atoms with Crippen molar-refractivity contribution in [2.75, 3.05) is 13.7 Å². The van der Waals surface area contributed by atoms with Gasteiger partial charge in [-0.25, -0.2) is 4.79 Å². The first kappa shape index (κ1) is 12.3. The smallest absolute Gasteiger partial charge is 0.410 e. The Kier molecular flexibility index (Phi) is 3.09. The fourth-order valence-corrected chi connectivity index (χ4v) is 3.14. The van der Waals surface area contributed by atoms with Crippen LogP contribution in [0.3, 0.4) is 0 Å². The van der Waals surface area contributed by atoms with Gasteiger partial charge in [-0.2, -0.15) is 0 Å². The Hall–Kier alpha value is -1.71. The Morgan fingerprint density at radius 3 is 3.00 bits per heavy atom. The van der Waals surface area contributed by atoms with Crippen LogP contribution in [-0.2, 0) is 11.2 Å². The molecule has 1 aromatic rings. The van der Waals surface area contributed by atoms with Gasteiger partial charge in [0, 0.05) is 6.04 Å². The number of hydrogen-bond acceptors (Lipinski definition) is 3. The number of benzene rings is 1. The van der Waals surface area contributed by atoms with Crippen LogP contribution in [0, 0.1) is 6.92 Å². The third-order valence-corrected chi connectivity index (χ3v) is 4.24. The first-order valence-electron chi connectivity index (χ1n) is 6.77. The van der Waals surface area contributed by atoms with Crippen LogP contribution < -0.4 is 4.74 Å². The van der Waals surface area contributed by atoms with Gasteiger partial charge in [-0.15, -0.1) is 0 Å². The molecular formula is C15H19NO3. The van der Waals surface area contributed by atoms with Crippen LogP contribution in [0.15, 0.2) is 18.2 Å². The van der Waals surface area contributed by atoms with Gasteiger partial charge >= 0.3 is 6.09 Å². The zero-order chi connectivity index (χ0) is 13.4. The largest absolute Gasteiger partial charge is 0.497 e. The van der Waals surface area contributed by atoms with E-state index in [1.165, 1.54) is 11.1 Å². The number of amides is 1. The molecule has 1 amide bonds. The summed E-state index contributed by atoms with van der Waals surface area (Å²) in [5.74, 6) is 0.881. The first-order chi connectivity index (χ1) is 9.19. The summed E-state index contributed by atoms with van der Waals surface area (Å²) in [4.78, 5) is 13.7. The molecule has 3 rings (SSSR count). The monoisotopic (exact) mass is 261 g/mol. The summed E-state index contributed by atoms with van der Waals surface area (Å²) < 4.78 is 10.3. The Morgan fingerprint density at radius 1 is 1.42 bits per heavy atom. The lowest BCUT2D eigenvalue weighted by molar-refractivity contribution is 0.149. The highest BCUT2D eigenvalue weighted by Gasteiger charge is 2.42. The molecule has 0 aliphatic carbocycles. The summed E-state index contributed by atoms with van der Waals surface area (Å²) in [6.45, 7) is 2.66. The van der Waals surface area contributed by atoms with E-state index in [0.717, 1.165) is 25.0 Å². The lowest BCUT2D eigenvalue weighted by Gasteiger charge is -2.22. The molecule has 0 radical (unpaired) electrons. The highest BCUT2D eigenvalue weighted by atomic mass is 16.6. The molecule has 2 atom stereocenters. The van der Waals surface area contributed by atoms with E-state index in [-0.39, 0.29) is 12.1 Å². The standard InChI is InChI=1S/C15H19NO3/c1-10-7-14(18-2)6-3-11(10)8-12-4-5-13-9-19-15(17)16(12)13/h3,6-7,12-13H,4-5,8-9H2,1-2H3/t12-,13-/m0/s1. The summed E-state index contributed by atoms with van der Waals surface area (Å²) in [5.41, 5.74) is 2.50. The molecule has 2 aliphatic rings. The number of rotatable bonds is 3. The van der Waals surface area contributed by atoms with Crippen LogP contribution in [0.25, 0.3) is 0 Å². The molecule has 2 saturated heterocycles. The second-order valence-corrected chi connectivity index (χ2v) is 5.37. The van der Waals surface area contributed by atoms with Crippen LogP contribution in [-0.4, -0.2) is 36.8 Å². The van der Waals surface area contributed by atoms with E-state index in [2.05, 4.69) is 13.0 Å². The molecule has 1 aromatic carbocycles. The molecule has 19 heavy (non-hydrogen) atoms. The maximum atomic E-state index is 11.7. The first-order valence-corrected chi connectivity index (χ1v) is 6.77. The van der Waals surface area contributed by atoms with Gasteiger partial charge in [-0.3, -0.25) is 4.90 Å². The van der Waals surface area contributed by atoms with Gasteiger partial charge in [0.2, 0.25) is 0 Å². The van der Waals surface area contributed by atoms with Crippen LogP contribution >= 0.6 is 0 Å². The summed E-state index contributed by atoms with van der Waals surface area (Å²) >= 11 is 0. The molecule has 0 unspecified atom stereocenters. The Labute approximate surface area is 113 Å². The molecule has 2 fully saturated rings. The van der Waals surface area contributed by atoms with Crippen molar-refractivity contribution in [3.63, 3.8) is 0 Å². The Balaban J connectivity index is 1.76. The number of cyclic esters (lactones) is 1. The van der Waals surface area contributed by atoms with Crippen LogP contribution in [0.1, 0.15) is 24.0 Å². The predicted octanol–water partition coefficient (Wildman–Crippen LogP) is 2.53. The molecule has 4 heteroatoms. The second-order valence-electron chi connectivity index (χ2n) is 5.37. The molecular weight excluding hydrogens is 242 g/mol. The third kappa shape index (κ3) is 2.15. The number of fused-ring (bicyclic) bond motifs is 1. The van der Waals surface area contributed by atoms with E-state index in [0.29, 0.717) is 12.6 Å². The van der Waals surface area contributed by atoms with Crippen molar-refractivity contribution < 1.29 is 14.3 Å². The van der Waals surface area contributed by atoms with E-state index >= 15 is 0 Å². The number of ether oxygens (including phenoxy) is 2. The number of hydrogen-bond donors (Lipinski definition) is 0. The molecule has 0 aromatic heterocycles. The molecule has 102 valence electrons. The van der Waals surface area contributed by atoms with E-state index in [1.54, 1.807) is 7.11 Å². The minimum atomic E-state index is -0.140. The van der Waals surface area contributed by atoms with Gasteiger partial charge in [-0.05, 0) is 49.4 Å². The lowest BCUT2D eigenvalue weighted by atomic mass is 9.99. The molecule has 4 nitrogen and oxygen atoms in total. The zero-order valence-electron chi connectivity index (χ0n) is 11.4. The quantitative estimate of drug-likeness (QED) is 0.839. The number of methoxy groups -OCH3 is 1. The molecule has 2 heterocycles. The van der Waals surface area contributed by atoms with E-state index in [1.807, 2.05) is 17.0 Å². The molecule has 0 bridgehead atoms. The summed E-state index contributed by atoms with van der Waals surface area (Å²) in [6.07, 6.45) is 2.90. The van der Waals surface area contributed by atoms with Crippen LogP contribution in [0.2, 0.25) is 0 Å². The highest BCUT2D eigenvalue weighted by Crippen LogP contribution is 2.32. The van der Waals surface area contributed by atoms with Gasteiger partial charge in [0.25, 0.3) is 0 Å². The number of nitrogens with zero attached hydrogens (tertiary/aromatic N) is 1. The van der Waals surface area contributed by atoms with E-state index in [9.17, 15) is 4.79 Å². The molecule has 2 aliphatic heterocycles. The lowest BCUT2D eigenvalue weighted by Crippen LogP contribution is -2.36. The fourth-order valence-electron chi connectivity index (χ4n) is 3.14. The topological polar surface area (TPSA) is 38.8 Å². The van der Waals surface area contributed by atoms with Crippen molar-refractivity contribution >= 4 is 6.09 Å². The minimum absolute atomic E-state index is 0.140. The number of carbonyl (C=O) groups excluding carboxylic acids is 1. The Bertz CT molecular complexity index is 500. The predicted molar refractivity (Wildman–Crippen MR) is 71.4 cm³/mol. The maximum absolute atomic E-state index is 11.7. The van der Waals surface area contributed by atoms with Crippen molar-refractivity contribution in [1.82, 2.24) is 4.90 Å². The van der Waals surface area contributed by atoms with Crippen molar-refractivity contribution in [3.8, 4) is 5.75 Å². The number of carbonyl (C=O) groups is 1. The van der Waals surface area contributed by atoms with Gasteiger partial charge in [0.1, 0.15) is 12.4 Å². The molecule has 0 spiro atoms. The second kappa shape index (κ2) is 4.76. The van der Waals surface area contributed by atoms with Crippen molar-refractivity contribution in [3.05, 3.63) is 29.3 Å². The van der Waals surface area contributed by atoms with Gasteiger partial charge in [0.05, 0.1) is 13.2 Å². The Morgan fingerprint density at radius 2 is 2.26 bits per heavy atom. The summed E-state index contributed by atoms with van der Waals surface area (Å²) in [5, 5.41) is 0. The third-order valence-electron chi connectivity index (χ3n) is 4.24. The summed E-state index contributed by atoms with van der Waals surface area (Å²) in [7, 11) is 1.68. The summed E-state index contributed by atoms with van der Waals surface area (Å²) in [6, 6.07) is 6.72. The van der Waals surface area contributed by atoms with Crippen molar-refractivity contribution in [1.29, 1.82) is 0 Å². The van der Waals surface area contributed by atoms with E-state index in [4.69, 9.17) is 9.47 Å². The fraction of sp³-hybridized carbons (Fsp3) is 0.533. The number of aryl methyl sites for hydroxylation is 1. The van der Waals surface area contributed by atoms with Crippen LogP contribution in [0.4, 0.5) is 4.79 Å². The van der Waals surface area contributed by atoms with Gasteiger partial charge < -0.3 is 9.47 Å². The van der Waals surface area contributed by atoms with Gasteiger partial charge in [0.15, 0.2) is 0 Å². The van der Waals surface area contributed by atoms with Crippen molar-refractivity contribution in [2.45, 2.75) is 38.3 Å². The normalized spacial score (nSPS) is 25.4. The van der Waals surface area contributed by atoms with Gasteiger partial charge in [-0.1, -0.05) is 6.07 Å². The van der Waals surface area contributed by atoms with E-state index < -0.39 is 0 Å². The minimum Gasteiger partial charge on any atom is -0.497 e. The highest BCUT2D eigenvalue weighted by molar-refractivity contribution is 5.71. The SMILES string of the molecule is COc1ccc(C[C@@H]2CC[C@H]3COC(=O)N32)c(C)c1. The molecule has 0 saturated carbocycles. The average molecular weight is 261 g/mol. The van der Waals surface area contributed by atoms with Crippen LogP contribution in [0.5, 0.6) is 5.75 Å². The average Bonchev–Trinajstić information content (AvgIpc) is 2.96. The van der Waals surface area contributed by atoms with Crippen molar-refractivity contribution in [2.24, 2.45) is 0 Å². The maximum Gasteiger partial charge on any atom is 0.410 e. The molecule has 0 N–H and O–H groups in total. The zero-order valence-corrected chi connectivity index (χ0v) is 11.4.